The standard InChI is InChI=1S/C14H23N3O2/c1-13(2,3)9-14(4,5)16-12-7-6-10(17(18)19)8-11(12)15/h6-8,16H,9,15H2,1-5H3. The van der Waals surface area contributed by atoms with Gasteiger partial charge in [0.25, 0.3) is 5.69 Å². The van der Waals surface area contributed by atoms with Gasteiger partial charge < -0.3 is 11.1 Å². The second kappa shape index (κ2) is 5.07. The molecule has 3 N–H and O–H groups in total. The zero-order valence-electron chi connectivity index (χ0n) is 12.3. The number of benzene rings is 1. The average Bonchev–Trinajstić information content (AvgIpc) is 2.16. The minimum Gasteiger partial charge on any atom is -0.397 e. The van der Waals surface area contributed by atoms with Crippen LogP contribution in [0.3, 0.4) is 0 Å². The third kappa shape index (κ3) is 4.77. The summed E-state index contributed by atoms with van der Waals surface area (Å²) in [6, 6.07) is 4.51. The number of hydrogen-bond donors (Lipinski definition) is 2. The van der Waals surface area contributed by atoms with Gasteiger partial charge in [-0.3, -0.25) is 10.1 Å². The maximum Gasteiger partial charge on any atom is 0.271 e. The third-order valence-corrected chi connectivity index (χ3v) is 2.69. The molecular formula is C14H23N3O2. The van der Waals surface area contributed by atoms with Gasteiger partial charge in [0.2, 0.25) is 0 Å². The van der Waals surface area contributed by atoms with E-state index in [0.717, 1.165) is 12.1 Å². The summed E-state index contributed by atoms with van der Waals surface area (Å²) in [4.78, 5) is 10.2. The lowest BCUT2D eigenvalue weighted by Crippen LogP contribution is -2.35. The van der Waals surface area contributed by atoms with Gasteiger partial charge in [0.05, 0.1) is 16.3 Å². The molecule has 19 heavy (non-hydrogen) atoms. The summed E-state index contributed by atoms with van der Waals surface area (Å²) in [6.45, 7) is 10.7. The topological polar surface area (TPSA) is 81.2 Å². The number of nitrogens with two attached hydrogens (primary N) is 1. The first kappa shape index (κ1) is 15.3. The van der Waals surface area contributed by atoms with Crippen molar-refractivity contribution in [3.63, 3.8) is 0 Å². The quantitative estimate of drug-likeness (QED) is 0.493. The smallest absolute Gasteiger partial charge is 0.271 e. The molecule has 0 atom stereocenters. The summed E-state index contributed by atoms with van der Waals surface area (Å²) >= 11 is 0. The molecule has 0 radical (unpaired) electrons. The molecule has 0 saturated carbocycles. The molecule has 0 amide bonds. The van der Waals surface area contributed by atoms with E-state index in [2.05, 4.69) is 39.9 Å². The van der Waals surface area contributed by atoms with Crippen molar-refractivity contribution in [1.82, 2.24) is 0 Å². The Hall–Kier alpha value is -1.78. The molecule has 0 bridgehead atoms. The van der Waals surface area contributed by atoms with E-state index in [-0.39, 0.29) is 16.6 Å². The summed E-state index contributed by atoms with van der Waals surface area (Å²) in [5.74, 6) is 0. The van der Waals surface area contributed by atoms with Crippen LogP contribution in [0.15, 0.2) is 18.2 Å². The minimum atomic E-state index is -0.444. The second-order valence-corrected chi connectivity index (χ2v) is 6.77. The Kier molecular flexibility index (Phi) is 4.08. The van der Waals surface area contributed by atoms with Gasteiger partial charge in [0.1, 0.15) is 0 Å². The Morgan fingerprint density at radius 2 is 1.84 bits per heavy atom. The van der Waals surface area contributed by atoms with Crippen LogP contribution in [0.1, 0.15) is 41.0 Å². The highest BCUT2D eigenvalue weighted by atomic mass is 16.6. The highest BCUT2D eigenvalue weighted by molar-refractivity contribution is 5.70. The number of anilines is 2. The number of nitro benzene ring substituents is 1. The van der Waals surface area contributed by atoms with Crippen molar-refractivity contribution < 1.29 is 4.92 Å². The molecule has 5 nitrogen and oxygen atoms in total. The third-order valence-electron chi connectivity index (χ3n) is 2.69. The zero-order chi connectivity index (χ0) is 14.8. The molecule has 1 rings (SSSR count). The Morgan fingerprint density at radius 1 is 1.26 bits per heavy atom. The summed E-state index contributed by atoms with van der Waals surface area (Å²) in [7, 11) is 0. The summed E-state index contributed by atoms with van der Waals surface area (Å²) in [5, 5.41) is 14.0. The van der Waals surface area contributed by atoms with Gasteiger partial charge in [-0.05, 0) is 31.7 Å². The molecule has 106 valence electrons. The minimum absolute atomic E-state index is 0.0108. The number of rotatable bonds is 4. The first-order valence-corrected chi connectivity index (χ1v) is 6.32. The maximum absolute atomic E-state index is 10.7. The van der Waals surface area contributed by atoms with Gasteiger partial charge in [-0.15, -0.1) is 0 Å². The van der Waals surface area contributed by atoms with Crippen LogP contribution in [0.2, 0.25) is 0 Å². The van der Waals surface area contributed by atoms with Crippen LogP contribution in [0, 0.1) is 15.5 Å². The SMILES string of the molecule is CC(C)(C)CC(C)(C)Nc1ccc([N+](=O)[O-])cc1N. The fourth-order valence-corrected chi connectivity index (χ4v) is 2.51. The lowest BCUT2D eigenvalue weighted by Gasteiger charge is -2.34. The van der Waals surface area contributed by atoms with Crippen molar-refractivity contribution >= 4 is 17.1 Å². The van der Waals surface area contributed by atoms with Crippen LogP contribution in [0.4, 0.5) is 17.1 Å². The highest BCUT2D eigenvalue weighted by Crippen LogP contribution is 2.32. The van der Waals surface area contributed by atoms with Crippen molar-refractivity contribution in [3.05, 3.63) is 28.3 Å². The Bertz CT molecular complexity index is 476. The number of nitro groups is 1. The van der Waals surface area contributed by atoms with Crippen molar-refractivity contribution in [2.24, 2.45) is 5.41 Å². The van der Waals surface area contributed by atoms with E-state index in [1.807, 2.05) is 0 Å². The summed E-state index contributed by atoms with van der Waals surface area (Å²) < 4.78 is 0. The molecule has 0 unspecified atom stereocenters. The lowest BCUT2D eigenvalue weighted by molar-refractivity contribution is -0.384. The van der Waals surface area contributed by atoms with Crippen LogP contribution < -0.4 is 11.1 Å². The van der Waals surface area contributed by atoms with Gasteiger partial charge in [0.15, 0.2) is 0 Å². The van der Waals surface area contributed by atoms with Crippen LogP contribution >= 0.6 is 0 Å². The van der Waals surface area contributed by atoms with Crippen molar-refractivity contribution in [3.8, 4) is 0 Å². The Balaban J connectivity index is 2.91. The first-order chi connectivity index (χ1) is 8.50. The van der Waals surface area contributed by atoms with Gasteiger partial charge in [0, 0.05) is 17.7 Å². The van der Waals surface area contributed by atoms with E-state index in [0.29, 0.717) is 5.69 Å². The summed E-state index contributed by atoms with van der Waals surface area (Å²) in [5.41, 5.74) is 7.06. The Morgan fingerprint density at radius 3 is 2.26 bits per heavy atom. The molecule has 1 aromatic rings. The predicted octanol–water partition coefficient (Wildman–Crippen LogP) is 3.80. The second-order valence-electron chi connectivity index (χ2n) is 6.77. The van der Waals surface area contributed by atoms with Crippen LogP contribution in [0.25, 0.3) is 0 Å². The number of nitrogens with zero attached hydrogens (tertiary/aromatic N) is 1. The zero-order valence-corrected chi connectivity index (χ0v) is 12.3. The van der Waals surface area contributed by atoms with E-state index in [4.69, 9.17) is 5.73 Å². The molecule has 0 aromatic heterocycles. The summed E-state index contributed by atoms with van der Waals surface area (Å²) in [6.07, 6.45) is 0.955. The van der Waals surface area contributed by atoms with E-state index < -0.39 is 4.92 Å². The molecule has 0 spiro atoms. The van der Waals surface area contributed by atoms with Crippen molar-refractivity contribution in [2.75, 3.05) is 11.1 Å². The molecule has 0 aliphatic carbocycles. The normalized spacial score (nSPS) is 12.3. The molecule has 0 aliphatic heterocycles. The largest absolute Gasteiger partial charge is 0.397 e. The molecular weight excluding hydrogens is 242 g/mol. The number of nitrogen functional groups attached to an aromatic ring is 1. The fourth-order valence-electron chi connectivity index (χ4n) is 2.51. The van der Waals surface area contributed by atoms with Crippen LogP contribution in [-0.4, -0.2) is 10.5 Å². The molecule has 0 saturated heterocycles. The van der Waals surface area contributed by atoms with E-state index in [1.165, 1.54) is 12.1 Å². The van der Waals surface area contributed by atoms with Crippen LogP contribution in [-0.2, 0) is 0 Å². The van der Waals surface area contributed by atoms with Crippen molar-refractivity contribution in [1.29, 1.82) is 0 Å². The van der Waals surface area contributed by atoms with E-state index in [9.17, 15) is 10.1 Å². The van der Waals surface area contributed by atoms with Gasteiger partial charge in [-0.2, -0.15) is 0 Å². The van der Waals surface area contributed by atoms with Gasteiger partial charge in [-0.25, -0.2) is 0 Å². The number of nitrogens with one attached hydrogen (secondary N) is 1. The fraction of sp³-hybridized carbons (Fsp3) is 0.571. The first-order valence-electron chi connectivity index (χ1n) is 6.32. The molecule has 5 heteroatoms. The monoisotopic (exact) mass is 265 g/mol. The van der Waals surface area contributed by atoms with E-state index in [1.54, 1.807) is 6.07 Å². The lowest BCUT2D eigenvalue weighted by atomic mass is 9.81. The molecule has 0 heterocycles. The Labute approximate surface area is 114 Å². The van der Waals surface area contributed by atoms with Gasteiger partial charge >= 0.3 is 0 Å². The molecule has 1 aromatic carbocycles. The predicted molar refractivity (Wildman–Crippen MR) is 79.3 cm³/mol. The van der Waals surface area contributed by atoms with Gasteiger partial charge in [-0.1, -0.05) is 20.8 Å². The maximum atomic E-state index is 10.7. The van der Waals surface area contributed by atoms with Crippen molar-refractivity contribution in [2.45, 2.75) is 46.6 Å². The number of non-ortho nitro benzene ring substituents is 1. The number of hydrogen-bond acceptors (Lipinski definition) is 4. The van der Waals surface area contributed by atoms with E-state index >= 15 is 0 Å². The molecule has 0 fully saturated rings. The average molecular weight is 265 g/mol. The molecule has 0 aliphatic rings. The van der Waals surface area contributed by atoms with Crippen LogP contribution in [0.5, 0.6) is 0 Å². The highest BCUT2D eigenvalue weighted by Gasteiger charge is 2.26.